The van der Waals surface area contributed by atoms with Crippen LogP contribution < -0.4 is 11.1 Å². The van der Waals surface area contributed by atoms with Gasteiger partial charge in [-0.25, -0.2) is 4.98 Å². The molecule has 0 saturated carbocycles. The summed E-state index contributed by atoms with van der Waals surface area (Å²) in [6.07, 6.45) is 0.983. The molecule has 0 aliphatic rings. The molecule has 0 aliphatic heterocycles. The molecule has 3 N–H and O–H groups in total. The van der Waals surface area contributed by atoms with Gasteiger partial charge < -0.3 is 11.1 Å². The van der Waals surface area contributed by atoms with Gasteiger partial charge in [-0.05, 0) is 27.7 Å². The van der Waals surface area contributed by atoms with Crippen LogP contribution in [0.1, 0.15) is 30.9 Å². The van der Waals surface area contributed by atoms with Crippen molar-refractivity contribution in [3.05, 3.63) is 22.5 Å². The Kier molecular flexibility index (Phi) is 4.04. The van der Waals surface area contributed by atoms with Gasteiger partial charge >= 0.3 is 0 Å². The van der Waals surface area contributed by atoms with Crippen LogP contribution in [0.4, 0.5) is 0 Å². The molecule has 2 aromatic heterocycles. The number of aryl methyl sites for hydroxylation is 2. The first-order chi connectivity index (χ1) is 8.49. The molecule has 0 spiro atoms. The molecular weight excluding hydrogens is 244 g/mol. The third kappa shape index (κ3) is 2.74. The van der Waals surface area contributed by atoms with E-state index in [9.17, 15) is 0 Å². The third-order valence-electron chi connectivity index (χ3n) is 3.12. The molecular formula is C13H22N4S. The molecule has 2 rings (SSSR count). The Morgan fingerprint density at radius 3 is 2.83 bits per heavy atom. The molecule has 0 amide bonds. The SMILES string of the molecule is Cc1nc2scc(C)n2c1CC(C)NCC(C)N. The smallest absolute Gasteiger partial charge is 0.194 e. The maximum absolute atomic E-state index is 5.76. The predicted octanol–water partition coefficient (Wildman–Crippen LogP) is 1.88. The van der Waals surface area contributed by atoms with Crippen molar-refractivity contribution in [1.82, 2.24) is 14.7 Å². The number of imidazole rings is 1. The summed E-state index contributed by atoms with van der Waals surface area (Å²) in [5.74, 6) is 0. The Balaban J connectivity index is 2.15. The highest BCUT2D eigenvalue weighted by molar-refractivity contribution is 7.15. The lowest BCUT2D eigenvalue weighted by atomic mass is 10.1. The number of nitrogens with two attached hydrogens (primary N) is 1. The predicted molar refractivity (Wildman–Crippen MR) is 77.4 cm³/mol. The zero-order chi connectivity index (χ0) is 13.3. The average Bonchev–Trinajstić information content (AvgIpc) is 2.78. The molecule has 100 valence electrons. The summed E-state index contributed by atoms with van der Waals surface area (Å²) >= 11 is 1.71. The molecule has 18 heavy (non-hydrogen) atoms. The second kappa shape index (κ2) is 5.38. The van der Waals surface area contributed by atoms with Crippen LogP contribution in [-0.2, 0) is 6.42 Å². The normalized spacial score (nSPS) is 15.2. The lowest BCUT2D eigenvalue weighted by Crippen LogP contribution is -2.37. The highest BCUT2D eigenvalue weighted by Gasteiger charge is 2.14. The fraction of sp³-hybridized carbons (Fsp3) is 0.615. The van der Waals surface area contributed by atoms with Crippen LogP contribution in [0.15, 0.2) is 5.38 Å². The number of nitrogens with one attached hydrogen (secondary N) is 1. The fourth-order valence-electron chi connectivity index (χ4n) is 2.16. The first kappa shape index (κ1) is 13.5. The van der Waals surface area contributed by atoms with Gasteiger partial charge in [0.1, 0.15) is 0 Å². The quantitative estimate of drug-likeness (QED) is 0.869. The summed E-state index contributed by atoms with van der Waals surface area (Å²) in [6, 6.07) is 0.607. The van der Waals surface area contributed by atoms with Gasteiger partial charge in [-0.1, -0.05) is 0 Å². The lowest BCUT2D eigenvalue weighted by Gasteiger charge is -2.15. The summed E-state index contributed by atoms with van der Waals surface area (Å²) in [5, 5.41) is 5.62. The summed E-state index contributed by atoms with van der Waals surface area (Å²) in [4.78, 5) is 5.71. The molecule has 0 bridgehead atoms. The summed E-state index contributed by atoms with van der Waals surface area (Å²) in [6.45, 7) is 9.29. The Morgan fingerprint density at radius 2 is 2.17 bits per heavy atom. The number of hydrogen-bond donors (Lipinski definition) is 2. The summed E-state index contributed by atoms with van der Waals surface area (Å²) in [7, 11) is 0. The molecule has 0 radical (unpaired) electrons. The minimum atomic E-state index is 0.196. The molecule has 0 fully saturated rings. The number of aromatic nitrogens is 2. The van der Waals surface area contributed by atoms with Crippen LogP contribution in [0.3, 0.4) is 0 Å². The van der Waals surface area contributed by atoms with Crippen molar-refractivity contribution in [2.24, 2.45) is 5.73 Å². The zero-order valence-electron chi connectivity index (χ0n) is 11.5. The molecule has 0 aliphatic carbocycles. The maximum atomic E-state index is 5.76. The van der Waals surface area contributed by atoms with Gasteiger partial charge in [-0.15, -0.1) is 11.3 Å². The van der Waals surface area contributed by atoms with Crippen molar-refractivity contribution in [2.75, 3.05) is 6.54 Å². The van der Waals surface area contributed by atoms with E-state index in [-0.39, 0.29) is 6.04 Å². The Hall–Kier alpha value is -0.910. The number of rotatable bonds is 5. The van der Waals surface area contributed by atoms with E-state index in [1.54, 1.807) is 11.3 Å². The maximum Gasteiger partial charge on any atom is 0.194 e. The standard InChI is InChI=1S/C13H22N4S/c1-8(14)6-15-9(2)5-12-11(4)16-13-17(12)10(3)7-18-13/h7-9,15H,5-6,14H2,1-4H3. The molecule has 2 unspecified atom stereocenters. The molecule has 2 heterocycles. The topological polar surface area (TPSA) is 55.3 Å². The minimum absolute atomic E-state index is 0.196. The molecule has 0 saturated heterocycles. The number of nitrogens with zero attached hydrogens (tertiary/aromatic N) is 2. The molecule has 5 heteroatoms. The molecule has 2 atom stereocenters. The Labute approximate surface area is 112 Å². The van der Waals surface area contributed by atoms with Crippen molar-refractivity contribution in [2.45, 2.75) is 46.2 Å². The highest BCUT2D eigenvalue weighted by atomic mass is 32.1. The van der Waals surface area contributed by atoms with Crippen LogP contribution in [0.5, 0.6) is 0 Å². The number of hydrogen-bond acceptors (Lipinski definition) is 4. The van der Waals surface area contributed by atoms with Gasteiger partial charge in [0.2, 0.25) is 0 Å². The van der Waals surface area contributed by atoms with Crippen LogP contribution >= 0.6 is 11.3 Å². The van der Waals surface area contributed by atoms with Crippen molar-refractivity contribution in [3.63, 3.8) is 0 Å². The van der Waals surface area contributed by atoms with Gasteiger partial charge in [0.15, 0.2) is 4.96 Å². The van der Waals surface area contributed by atoms with Gasteiger partial charge in [0, 0.05) is 41.8 Å². The Bertz CT molecular complexity index is 526. The van der Waals surface area contributed by atoms with Gasteiger partial charge in [0.25, 0.3) is 0 Å². The average molecular weight is 266 g/mol. The van der Waals surface area contributed by atoms with Gasteiger partial charge in [0.05, 0.1) is 5.69 Å². The molecule has 2 aromatic rings. The Morgan fingerprint density at radius 1 is 1.44 bits per heavy atom. The summed E-state index contributed by atoms with van der Waals surface area (Å²) in [5.41, 5.74) is 9.48. The largest absolute Gasteiger partial charge is 0.327 e. The van der Waals surface area contributed by atoms with E-state index in [2.05, 4.69) is 40.9 Å². The monoisotopic (exact) mass is 266 g/mol. The van der Waals surface area contributed by atoms with Crippen molar-refractivity contribution < 1.29 is 0 Å². The molecule has 0 aromatic carbocycles. The second-order valence-electron chi connectivity index (χ2n) is 5.13. The van der Waals surface area contributed by atoms with E-state index in [4.69, 9.17) is 5.73 Å². The highest BCUT2D eigenvalue weighted by Crippen LogP contribution is 2.21. The van der Waals surface area contributed by atoms with E-state index in [0.29, 0.717) is 6.04 Å². The second-order valence-corrected chi connectivity index (χ2v) is 5.97. The third-order valence-corrected chi connectivity index (χ3v) is 4.06. The van der Waals surface area contributed by atoms with Crippen molar-refractivity contribution in [3.8, 4) is 0 Å². The minimum Gasteiger partial charge on any atom is -0.327 e. The first-order valence-corrected chi connectivity index (χ1v) is 7.28. The van der Waals surface area contributed by atoms with Gasteiger partial charge in [-0.3, -0.25) is 4.40 Å². The number of thiazole rings is 1. The zero-order valence-corrected chi connectivity index (χ0v) is 12.3. The number of fused-ring (bicyclic) bond motifs is 1. The lowest BCUT2D eigenvalue weighted by molar-refractivity contribution is 0.509. The van der Waals surface area contributed by atoms with Crippen LogP contribution in [0, 0.1) is 13.8 Å². The first-order valence-electron chi connectivity index (χ1n) is 6.40. The van der Waals surface area contributed by atoms with E-state index in [0.717, 1.165) is 23.6 Å². The van der Waals surface area contributed by atoms with Crippen LogP contribution in [0.25, 0.3) is 4.96 Å². The van der Waals surface area contributed by atoms with E-state index in [1.807, 2.05) is 6.92 Å². The molecule has 4 nitrogen and oxygen atoms in total. The van der Waals surface area contributed by atoms with E-state index >= 15 is 0 Å². The fourth-order valence-corrected chi connectivity index (χ4v) is 3.09. The van der Waals surface area contributed by atoms with Crippen molar-refractivity contribution in [1.29, 1.82) is 0 Å². The van der Waals surface area contributed by atoms with Crippen molar-refractivity contribution >= 4 is 16.3 Å². The van der Waals surface area contributed by atoms with Crippen LogP contribution in [0.2, 0.25) is 0 Å². The van der Waals surface area contributed by atoms with Crippen LogP contribution in [-0.4, -0.2) is 28.0 Å². The summed E-state index contributed by atoms with van der Waals surface area (Å²) < 4.78 is 2.27. The van der Waals surface area contributed by atoms with E-state index in [1.165, 1.54) is 11.4 Å². The van der Waals surface area contributed by atoms with E-state index < -0.39 is 0 Å². The van der Waals surface area contributed by atoms with Gasteiger partial charge in [-0.2, -0.15) is 0 Å².